The Morgan fingerprint density at radius 1 is 1.65 bits per heavy atom. The molecule has 1 unspecified atom stereocenters. The Morgan fingerprint density at radius 3 is 3.06 bits per heavy atom. The fourth-order valence-corrected chi connectivity index (χ4v) is 2.58. The number of rotatable bonds is 2. The smallest absolute Gasteiger partial charge is 0.267 e. The van der Waals surface area contributed by atoms with Crippen LogP contribution in [0.2, 0.25) is 0 Å². The van der Waals surface area contributed by atoms with Gasteiger partial charge in [0.15, 0.2) is 0 Å². The number of carbonyl (C=O) groups excluding carboxylic acids is 1. The first-order valence-corrected chi connectivity index (χ1v) is 6.34. The molecule has 0 aliphatic carbocycles. The standard InChI is InChI=1S/C10H16N4OS.ClH/c1-3-8-9(16-13-12-8)10(15)14-5-4-11-6-7(14)2;/h7,11H,3-6H2,1-2H3;1H. The molecule has 1 amide bonds. The summed E-state index contributed by atoms with van der Waals surface area (Å²) in [6.07, 6.45) is 0.762. The number of nitrogens with one attached hydrogen (secondary N) is 1. The van der Waals surface area contributed by atoms with Gasteiger partial charge in [0, 0.05) is 25.7 Å². The molecule has 0 radical (unpaired) electrons. The van der Waals surface area contributed by atoms with Crippen molar-refractivity contribution in [2.75, 3.05) is 19.6 Å². The molecule has 1 N–H and O–H groups in total. The zero-order valence-corrected chi connectivity index (χ0v) is 11.6. The fourth-order valence-electron chi connectivity index (χ4n) is 1.88. The monoisotopic (exact) mass is 276 g/mol. The average molecular weight is 277 g/mol. The highest BCUT2D eigenvalue weighted by atomic mass is 35.5. The first-order chi connectivity index (χ1) is 7.74. The van der Waals surface area contributed by atoms with Crippen LogP contribution in [-0.4, -0.2) is 46.1 Å². The minimum Gasteiger partial charge on any atom is -0.333 e. The van der Waals surface area contributed by atoms with Gasteiger partial charge in [0.25, 0.3) is 5.91 Å². The lowest BCUT2D eigenvalue weighted by molar-refractivity contribution is 0.0659. The third-order valence-electron chi connectivity index (χ3n) is 2.85. The number of carbonyl (C=O) groups is 1. The Bertz CT molecular complexity index is 384. The predicted molar refractivity (Wildman–Crippen MR) is 69.9 cm³/mol. The molecule has 1 aliphatic heterocycles. The maximum Gasteiger partial charge on any atom is 0.267 e. The van der Waals surface area contributed by atoms with Gasteiger partial charge in [-0.1, -0.05) is 11.4 Å². The van der Waals surface area contributed by atoms with Gasteiger partial charge in [0.1, 0.15) is 4.88 Å². The molecule has 0 saturated carbocycles. The third kappa shape index (κ3) is 2.94. The quantitative estimate of drug-likeness (QED) is 0.874. The van der Waals surface area contributed by atoms with E-state index >= 15 is 0 Å². The maximum absolute atomic E-state index is 12.3. The third-order valence-corrected chi connectivity index (χ3v) is 3.60. The minimum absolute atomic E-state index is 0. The van der Waals surface area contributed by atoms with E-state index in [1.807, 2.05) is 11.8 Å². The highest BCUT2D eigenvalue weighted by Gasteiger charge is 2.27. The van der Waals surface area contributed by atoms with E-state index in [2.05, 4.69) is 21.8 Å². The van der Waals surface area contributed by atoms with Crippen LogP contribution in [0.1, 0.15) is 29.2 Å². The summed E-state index contributed by atoms with van der Waals surface area (Å²) in [5.41, 5.74) is 0.820. The Balaban J connectivity index is 0.00000144. The van der Waals surface area contributed by atoms with E-state index in [1.165, 1.54) is 11.5 Å². The number of aromatic nitrogens is 2. The van der Waals surface area contributed by atoms with Crippen molar-refractivity contribution in [1.29, 1.82) is 0 Å². The molecular formula is C10H17ClN4OS. The minimum atomic E-state index is 0. The van der Waals surface area contributed by atoms with Gasteiger partial charge in [-0.15, -0.1) is 17.5 Å². The van der Waals surface area contributed by atoms with E-state index in [9.17, 15) is 4.79 Å². The van der Waals surface area contributed by atoms with Gasteiger partial charge in [0.2, 0.25) is 0 Å². The molecule has 0 bridgehead atoms. The van der Waals surface area contributed by atoms with Crippen molar-refractivity contribution in [1.82, 2.24) is 19.8 Å². The summed E-state index contributed by atoms with van der Waals surface area (Å²) in [6, 6.07) is 0.244. The second-order valence-corrected chi connectivity index (χ2v) is 4.71. The van der Waals surface area contributed by atoms with Crippen LogP contribution in [0.25, 0.3) is 0 Å². The number of hydrogen-bond acceptors (Lipinski definition) is 5. The normalized spacial score (nSPS) is 19.9. The number of amides is 1. The first kappa shape index (κ1) is 14.3. The van der Waals surface area contributed by atoms with Crippen molar-refractivity contribution in [3.05, 3.63) is 10.6 Å². The molecule has 17 heavy (non-hydrogen) atoms. The summed E-state index contributed by atoms with van der Waals surface area (Å²) in [4.78, 5) is 14.9. The SMILES string of the molecule is CCc1nnsc1C(=O)N1CCNCC1C.Cl. The molecule has 1 aromatic heterocycles. The van der Waals surface area contributed by atoms with E-state index in [4.69, 9.17) is 0 Å². The van der Waals surface area contributed by atoms with Crippen LogP contribution in [-0.2, 0) is 6.42 Å². The van der Waals surface area contributed by atoms with Gasteiger partial charge < -0.3 is 10.2 Å². The van der Waals surface area contributed by atoms with Crippen LogP contribution < -0.4 is 5.32 Å². The molecule has 2 heterocycles. The molecule has 0 aromatic carbocycles. The maximum atomic E-state index is 12.3. The Hall–Kier alpha value is -0.720. The zero-order valence-electron chi connectivity index (χ0n) is 9.97. The topological polar surface area (TPSA) is 58.1 Å². The molecule has 7 heteroatoms. The lowest BCUT2D eigenvalue weighted by Crippen LogP contribution is -2.52. The highest BCUT2D eigenvalue weighted by molar-refractivity contribution is 7.08. The number of aryl methyl sites for hydroxylation is 1. The van der Waals surface area contributed by atoms with Crippen molar-refractivity contribution < 1.29 is 4.79 Å². The van der Waals surface area contributed by atoms with Gasteiger partial charge in [-0.25, -0.2) is 0 Å². The van der Waals surface area contributed by atoms with Crippen LogP contribution in [0.4, 0.5) is 0 Å². The van der Waals surface area contributed by atoms with E-state index in [1.54, 1.807) is 0 Å². The number of halogens is 1. The summed E-state index contributed by atoms with van der Waals surface area (Å²) in [7, 11) is 0. The van der Waals surface area contributed by atoms with Crippen LogP contribution >= 0.6 is 23.9 Å². The first-order valence-electron chi connectivity index (χ1n) is 5.57. The molecule has 2 rings (SSSR count). The summed E-state index contributed by atoms with van der Waals surface area (Å²) in [5, 5.41) is 7.25. The van der Waals surface area contributed by atoms with Gasteiger partial charge >= 0.3 is 0 Å². The van der Waals surface area contributed by atoms with Crippen molar-refractivity contribution >= 4 is 29.8 Å². The van der Waals surface area contributed by atoms with E-state index < -0.39 is 0 Å². The largest absolute Gasteiger partial charge is 0.333 e. The lowest BCUT2D eigenvalue weighted by atomic mass is 10.2. The van der Waals surface area contributed by atoms with Gasteiger partial charge in [-0.3, -0.25) is 4.79 Å². The molecule has 1 aromatic rings. The molecule has 0 spiro atoms. The molecule has 1 aliphatic rings. The summed E-state index contributed by atoms with van der Waals surface area (Å²) in [6.45, 7) is 6.54. The molecule has 5 nitrogen and oxygen atoms in total. The second kappa shape index (κ2) is 6.28. The van der Waals surface area contributed by atoms with Gasteiger partial charge in [-0.2, -0.15) is 0 Å². The Labute approximate surface area is 111 Å². The molecule has 1 fully saturated rings. The lowest BCUT2D eigenvalue weighted by Gasteiger charge is -2.33. The van der Waals surface area contributed by atoms with Crippen molar-refractivity contribution in [2.45, 2.75) is 26.3 Å². The van der Waals surface area contributed by atoms with Crippen LogP contribution in [0.3, 0.4) is 0 Å². The van der Waals surface area contributed by atoms with Crippen molar-refractivity contribution in [3.8, 4) is 0 Å². The van der Waals surface area contributed by atoms with Crippen molar-refractivity contribution in [2.24, 2.45) is 0 Å². The van der Waals surface area contributed by atoms with Gasteiger partial charge in [0.05, 0.1) is 5.69 Å². The highest BCUT2D eigenvalue weighted by Crippen LogP contribution is 2.16. The Kier molecular flexibility index (Phi) is 5.30. The predicted octanol–water partition coefficient (Wildman–Crippen LogP) is 0.956. The van der Waals surface area contributed by atoms with E-state index in [0.717, 1.165) is 31.7 Å². The zero-order chi connectivity index (χ0) is 11.5. The second-order valence-electron chi connectivity index (χ2n) is 3.95. The van der Waals surface area contributed by atoms with Crippen LogP contribution in [0.5, 0.6) is 0 Å². The number of piperazine rings is 1. The molecule has 1 saturated heterocycles. The van der Waals surface area contributed by atoms with E-state index in [-0.39, 0.29) is 24.4 Å². The van der Waals surface area contributed by atoms with Gasteiger partial charge in [-0.05, 0) is 24.9 Å². The average Bonchev–Trinajstić information content (AvgIpc) is 2.77. The summed E-state index contributed by atoms with van der Waals surface area (Å²) >= 11 is 1.21. The number of hydrogen-bond donors (Lipinski definition) is 1. The van der Waals surface area contributed by atoms with Crippen LogP contribution in [0, 0.1) is 0 Å². The molecule has 96 valence electrons. The van der Waals surface area contributed by atoms with Crippen LogP contribution in [0.15, 0.2) is 0 Å². The molecular weight excluding hydrogens is 260 g/mol. The summed E-state index contributed by atoms with van der Waals surface area (Å²) < 4.78 is 3.86. The molecule has 1 atom stereocenters. The van der Waals surface area contributed by atoms with E-state index in [0.29, 0.717) is 4.88 Å². The summed E-state index contributed by atoms with van der Waals surface area (Å²) in [5.74, 6) is 0.0841. The number of nitrogens with zero attached hydrogens (tertiary/aromatic N) is 3. The fraction of sp³-hybridized carbons (Fsp3) is 0.700. The Morgan fingerprint density at radius 2 is 2.41 bits per heavy atom. The van der Waals surface area contributed by atoms with Crippen molar-refractivity contribution in [3.63, 3.8) is 0 Å².